The molecule has 1 aliphatic carbocycles. The molecule has 0 saturated heterocycles. The van der Waals surface area contributed by atoms with Crippen molar-refractivity contribution in [3.63, 3.8) is 0 Å². The lowest BCUT2D eigenvalue weighted by molar-refractivity contribution is 0.127. The van der Waals surface area contributed by atoms with Gasteiger partial charge in [-0.15, -0.1) is 0 Å². The van der Waals surface area contributed by atoms with E-state index < -0.39 is 0 Å². The molecule has 1 aliphatic rings. The predicted molar refractivity (Wildman–Crippen MR) is 70.5 cm³/mol. The molecule has 0 bridgehead atoms. The lowest BCUT2D eigenvalue weighted by Gasteiger charge is -2.34. The molecule has 1 fully saturated rings. The van der Waals surface area contributed by atoms with E-state index in [4.69, 9.17) is 9.84 Å². The molecule has 2 N–H and O–H groups in total. The molecular formula is C13H26N2O3. The summed E-state index contributed by atoms with van der Waals surface area (Å²) in [6.07, 6.45) is 4.00. The number of urea groups is 1. The SMILES string of the molecule is CCOCCNC(=O)N(C)C1CCC(CO)CC1. The van der Waals surface area contributed by atoms with Crippen molar-refractivity contribution >= 4 is 6.03 Å². The van der Waals surface area contributed by atoms with Crippen molar-refractivity contribution in [3.05, 3.63) is 0 Å². The Morgan fingerprint density at radius 3 is 2.61 bits per heavy atom. The third-order valence-electron chi connectivity index (χ3n) is 3.67. The Bertz CT molecular complexity index is 240. The van der Waals surface area contributed by atoms with E-state index in [9.17, 15) is 4.79 Å². The van der Waals surface area contributed by atoms with Gasteiger partial charge in [-0.1, -0.05) is 0 Å². The first-order valence-corrected chi connectivity index (χ1v) is 6.88. The summed E-state index contributed by atoms with van der Waals surface area (Å²) in [5, 5.41) is 11.9. The highest BCUT2D eigenvalue weighted by molar-refractivity contribution is 5.74. The highest BCUT2D eigenvalue weighted by atomic mass is 16.5. The molecule has 18 heavy (non-hydrogen) atoms. The molecular weight excluding hydrogens is 232 g/mol. The minimum absolute atomic E-state index is 0.0258. The zero-order chi connectivity index (χ0) is 13.4. The molecule has 2 amide bonds. The fourth-order valence-electron chi connectivity index (χ4n) is 2.38. The second-order valence-electron chi connectivity index (χ2n) is 4.90. The Morgan fingerprint density at radius 1 is 1.39 bits per heavy atom. The highest BCUT2D eigenvalue weighted by Crippen LogP contribution is 2.26. The van der Waals surface area contributed by atoms with Crippen molar-refractivity contribution in [3.8, 4) is 0 Å². The quantitative estimate of drug-likeness (QED) is 0.704. The molecule has 1 rings (SSSR count). The maximum absolute atomic E-state index is 11.9. The average molecular weight is 258 g/mol. The Kier molecular flexibility index (Phi) is 7.05. The lowest BCUT2D eigenvalue weighted by Crippen LogP contribution is -2.46. The number of aliphatic hydroxyl groups is 1. The van der Waals surface area contributed by atoms with Gasteiger partial charge in [0, 0.05) is 32.8 Å². The third kappa shape index (κ3) is 4.82. The van der Waals surface area contributed by atoms with E-state index >= 15 is 0 Å². The normalized spacial score (nSPS) is 23.7. The molecule has 5 heteroatoms. The number of nitrogens with zero attached hydrogens (tertiary/aromatic N) is 1. The average Bonchev–Trinajstić information content (AvgIpc) is 2.42. The van der Waals surface area contributed by atoms with Gasteiger partial charge in [-0.3, -0.25) is 0 Å². The summed E-state index contributed by atoms with van der Waals surface area (Å²) in [6, 6.07) is 0.280. The smallest absolute Gasteiger partial charge is 0.317 e. The van der Waals surface area contributed by atoms with Crippen LogP contribution in [0, 0.1) is 5.92 Å². The number of hydrogen-bond donors (Lipinski definition) is 2. The van der Waals surface area contributed by atoms with Gasteiger partial charge in [0.1, 0.15) is 0 Å². The molecule has 0 atom stereocenters. The van der Waals surface area contributed by atoms with Gasteiger partial charge >= 0.3 is 6.03 Å². The molecule has 0 aromatic heterocycles. The van der Waals surface area contributed by atoms with E-state index in [1.165, 1.54) is 0 Å². The topological polar surface area (TPSA) is 61.8 Å². The van der Waals surface area contributed by atoms with Crippen molar-refractivity contribution in [1.29, 1.82) is 0 Å². The van der Waals surface area contributed by atoms with Crippen LogP contribution in [0.3, 0.4) is 0 Å². The van der Waals surface area contributed by atoms with Crippen LogP contribution in [0.25, 0.3) is 0 Å². The molecule has 0 heterocycles. The van der Waals surface area contributed by atoms with Crippen LogP contribution in [0.5, 0.6) is 0 Å². The summed E-state index contributed by atoms with van der Waals surface area (Å²) in [4.78, 5) is 13.7. The standard InChI is InChI=1S/C13H26N2O3/c1-3-18-9-8-14-13(17)15(2)12-6-4-11(10-16)5-7-12/h11-12,16H,3-10H2,1-2H3,(H,14,17). The lowest BCUT2D eigenvalue weighted by atomic mass is 9.86. The number of aliphatic hydroxyl groups excluding tert-OH is 1. The van der Waals surface area contributed by atoms with E-state index in [1.54, 1.807) is 4.90 Å². The summed E-state index contributed by atoms with van der Waals surface area (Å²) >= 11 is 0. The van der Waals surface area contributed by atoms with E-state index in [0.717, 1.165) is 25.7 Å². The first kappa shape index (κ1) is 15.2. The van der Waals surface area contributed by atoms with Crippen molar-refractivity contribution in [2.45, 2.75) is 38.6 Å². The molecule has 106 valence electrons. The monoisotopic (exact) mass is 258 g/mol. The Labute approximate surface area is 109 Å². The van der Waals surface area contributed by atoms with Gasteiger partial charge in [-0.2, -0.15) is 0 Å². The van der Waals surface area contributed by atoms with Gasteiger partial charge in [0.15, 0.2) is 0 Å². The van der Waals surface area contributed by atoms with Crippen molar-refractivity contribution in [1.82, 2.24) is 10.2 Å². The fraction of sp³-hybridized carbons (Fsp3) is 0.923. The Hall–Kier alpha value is -0.810. The summed E-state index contributed by atoms with van der Waals surface area (Å²) < 4.78 is 5.18. The largest absolute Gasteiger partial charge is 0.396 e. The van der Waals surface area contributed by atoms with Crippen LogP contribution in [-0.4, -0.2) is 55.5 Å². The summed E-state index contributed by atoms with van der Waals surface area (Å²) in [5.41, 5.74) is 0. The molecule has 5 nitrogen and oxygen atoms in total. The maximum Gasteiger partial charge on any atom is 0.317 e. The third-order valence-corrected chi connectivity index (χ3v) is 3.67. The minimum Gasteiger partial charge on any atom is -0.396 e. The second-order valence-corrected chi connectivity index (χ2v) is 4.90. The van der Waals surface area contributed by atoms with Gasteiger partial charge in [-0.05, 0) is 38.5 Å². The van der Waals surface area contributed by atoms with Crippen molar-refractivity contribution in [2.75, 3.05) is 33.4 Å². The van der Waals surface area contributed by atoms with Crippen molar-refractivity contribution in [2.24, 2.45) is 5.92 Å². The van der Waals surface area contributed by atoms with Crippen LogP contribution in [0.15, 0.2) is 0 Å². The van der Waals surface area contributed by atoms with Gasteiger partial charge in [0.25, 0.3) is 0 Å². The van der Waals surface area contributed by atoms with Crippen LogP contribution in [0.2, 0.25) is 0 Å². The fourth-order valence-corrected chi connectivity index (χ4v) is 2.38. The Balaban J connectivity index is 2.22. The zero-order valence-electron chi connectivity index (χ0n) is 11.5. The molecule has 0 radical (unpaired) electrons. The van der Waals surface area contributed by atoms with Crippen molar-refractivity contribution < 1.29 is 14.6 Å². The Morgan fingerprint density at radius 2 is 2.06 bits per heavy atom. The number of amides is 2. The summed E-state index contributed by atoms with van der Waals surface area (Å²) in [6.45, 7) is 4.01. The predicted octanol–water partition coefficient (Wildman–Crippen LogP) is 1.22. The number of nitrogens with one attached hydrogen (secondary N) is 1. The number of hydrogen-bond acceptors (Lipinski definition) is 3. The van der Waals surface area contributed by atoms with Crippen LogP contribution in [-0.2, 0) is 4.74 Å². The van der Waals surface area contributed by atoms with E-state index in [-0.39, 0.29) is 12.6 Å². The zero-order valence-corrected chi connectivity index (χ0v) is 11.5. The summed E-state index contributed by atoms with van der Waals surface area (Å²) in [7, 11) is 1.85. The summed E-state index contributed by atoms with van der Waals surface area (Å²) in [5.74, 6) is 0.427. The van der Waals surface area contributed by atoms with Crippen LogP contribution < -0.4 is 5.32 Å². The molecule has 1 saturated carbocycles. The van der Waals surface area contributed by atoms with Crippen LogP contribution in [0.1, 0.15) is 32.6 Å². The van der Waals surface area contributed by atoms with Crippen LogP contribution in [0.4, 0.5) is 4.79 Å². The molecule has 0 aromatic carbocycles. The number of carbonyl (C=O) groups is 1. The van der Waals surface area contributed by atoms with E-state index in [1.807, 2.05) is 14.0 Å². The van der Waals surface area contributed by atoms with E-state index in [2.05, 4.69) is 5.32 Å². The van der Waals surface area contributed by atoms with Gasteiger partial charge in [-0.25, -0.2) is 4.79 Å². The highest BCUT2D eigenvalue weighted by Gasteiger charge is 2.25. The first-order valence-electron chi connectivity index (χ1n) is 6.88. The van der Waals surface area contributed by atoms with E-state index in [0.29, 0.717) is 31.7 Å². The molecule has 0 spiro atoms. The first-order chi connectivity index (χ1) is 8.69. The van der Waals surface area contributed by atoms with Gasteiger partial charge < -0.3 is 20.1 Å². The minimum atomic E-state index is -0.0258. The number of carbonyl (C=O) groups excluding carboxylic acids is 1. The van der Waals surface area contributed by atoms with Gasteiger partial charge in [0.05, 0.1) is 6.61 Å². The molecule has 0 aliphatic heterocycles. The molecule has 0 aromatic rings. The maximum atomic E-state index is 11.9. The van der Waals surface area contributed by atoms with Gasteiger partial charge in [0.2, 0.25) is 0 Å². The second kappa shape index (κ2) is 8.32. The van der Waals surface area contributed by atoms with Crippen LogP contribution >= 0.6 is 0 Å². The number of ether oxygens (including phenoxy) is 1. The number of rotatable bonds is 6. The molecule has 0 unspecified atom stereocenters.